The summed E-state index contributed by atoms with van der Waals surface area (Å²) in [5, 5.41) is 46.4. The molecule has 0 saturated carbocycles. The highest BCUT2D eigenvalue weighted by Gasteiger charge is 2.74. The van der Waals surface area contributed by atoms with Crippen LogP contribution in [0.2, 0.25) is 0 Å². The van der Waals surface area contributed by atoms with Gasteiger partial charge in [-0.2, -0.15) is 0 Å². The fourth-order valence-corrected chi connectivity index (χ4v) is 11.4. The predicted molar refractivity (Wildman–Crippen MR) is 147 cm³/mol. The largest absolute Gasteiger partial charge is 0.504 e. The topological polar surface area (TPSA) is 103 Å². The number of rotatable bonds is 1. The number of likely N-dealkylation sites (N-methyl/N-ethyl adjacent to an activating group) is 1. The van der Waals surface area contributed by atoms with E-state index in [2.05, 4.69) is 42.4 Å². The SMILES string of the molecule is C[N+]1(N2CC[C@@]34C5C6=C[C@@H]2[C@@H]3C=C[C@H](O)[C@@H]4OC5=C(O)C=C6)CC[C@@]23C4C5=C[C@@H]1[C@@H]2C=C[C@H](O)[C@@H]3OC4=C(O)C=C5. The number of hydrogen-bond acceptors (Lipinski definition) is 7. The van der Waals surface area contributed by atoms with Gasteiger partial charge < -0.3 is 29.9 Å². The third-order valence-corrected chi connectivity index (χ3v) is 12.9. The predicted octanol–water partition coefficient (Wildman–Crippen LogP) is 2.85. The molecule has 4 heterocycles. The van der Waals surface area contributed by atoms with Crippen LogP contribution in [0, 0.1) is 34.5 Å². The van der Waals surface area contributed by atoms with E-state index < -0.39 is 12.2 Å². The maximum atomic E-state index is 11.1. The monoisotopic (exact) mass is 555 g/mol. The van der Waals surface area contributed by atoms with Gasteiger partial charge >= 0.3 is 0 Å². The molecular formula is C33H35N2O6+. The average molecular weight is 556 g/mol. The number of allylic oxidation sites excluding steroid dienone is 6. The van der Waals surface area contributed by atoms with Crippen molar-refractivity contribution >= 4 is 0 Å². The number of aliphatic hydroxyl groups is 4. The van der Waals surface area contributed by atoms with Gasteiger partial charge in [0.15, 0.2) is 11.5 Å². The molecular weight excluding hydrogens is 520 g/mol. The molecule has 41 heavy (non-hydrogen) atoms. The average Bonchev–Trinajstić information content (AvgIpc) is 3.50. The number of nitrogens with zero attached hydrogens (tertiary/aromatic N) is 2. The zero-order valence-corrected chi connectivity index (χ0v) is 22.9. The van der Waals surface area contributed by atoms with Gasteiger partial charge in [-0.1, -0.05) is 42.5 Å². The highest BCUT2D eigenvalue weighted by Crippen LogP contribution is 2.69. The lowest BCUT2D eigenvalue weighted by Gasteiger charge is -2.66. The van der Waals surface area contributed by atoms with Crippen LogP contribution in [0.4, 0.5) is 0 Å². The Hall–Kier alpha value is -3.04. The lowest BCUT2D eigenvalue weighted by atomic mass is 9.49. The summed E-state index contributed by atoms with van der Waals surface area (Å²) in [5.41, 5.74) is 1.79. The van der Waals surface area contributed by atoms with Gasteiger partial charge in [0.25, 0.3) is 0 Å². The number of hydrogen-bond donors (Lipinski definition) is 4. The highest BCUT2D eigenvalue weighted by molar-refractivity contribution is 5.50. The molecule has 0 radical (unpaired) electrons. The smallest absolute Gasteiger partial charge is 0.153 e. The summed E-state index contributed by atoms with van der Waals surface area (Å²) in [6, 6.07) is 0.258. The number of likely N-dealkylation sites (tertiary alicyclic amines) is 1. The Labute approximate surface area is 238 Å². The first-order valence-corrected chi connectivity index (χ1v) is 15.1. The maximum Gasteiger partial charge on any atom is 0.153 e. The molecule has 10 rings (SSSR count). The van der Waals surface area contributed by atoms with Gasteiger partial charge in [0, 0.05) is 35.6 Å². The van der Waals surface area contributed by atoms with Crippen LogP contribution in [0.3, 0.4) is 0 Å². The summed E-state index contributed by atoms with van der Waals surface area (Å²) in [6.45, 7) is 1.75. The van der Waals surface area contributed by atoms with E-state index in [-0.39, 0.29) is 70.3 Å². The van der Waals surface area contributed by atoms with Crippen LogP contribution in [0.15, 0.2) is 94.9 Å². The normalized spacial score (nSPS) is 54.3. The molecule has 4 bridgehead atoms. The van der Waals surface area contributed by atoms with Crippen LogP contribution in [-0.2, 0) is 9.47 Å². The van der Waals surface area contributed by atoms with Crippen molar-refractivity contribution in [2.75, 3.05) is 20.1 Å². The summed E-state index contributed by atoms with van der Waals surface area (Å²) in [6.07, 6.45) is 20.3. The Morgan fingerprint density at radius 2 is 1.37 bits per heavy atom. The molecule has 0 amide bonds. The molecule has 0 aromatic carbocycles. The molecule has 4 saturated heterocycles. The van der Waals surface area contributed by atoms with Crippen LogP contribution >= 0.6 is 0 Å². The van der Waals surface area contributed by atoms with Gasteiger partial charge in [-0.05, 0) is 35.8 Å². The fourth-order valence-electron chi connectivity index (χ4n) is 11.4. The number of piperidine rings is 2. The van der Waals surface area contributed by atoms with E-state index in [1.807, 2.05) is 18.2 Å². The van der Waals surface area contributed by atoms with E-state index >= 15 is 0 Å². The van der Waals surface area contributed by atoms with Crippen molar-refractivity contribution in [2.45, 2.75) is 49.3 Å². The first-order valence-electron chi connectivity index (χ1n) is 15.1. The molecule has 0 aromatic heterocycles. The van der Waals surface area contributed by atoms with Gasteiger partial charge in [-0.25, -0.2) is 4.59 Å². The Kier molecular flexibility index (Phi) is 4.08. The third-order valence-electron chi connectivity index (χ3n) is 12.9. The minimum Gasteiger partial charge on any atom is -0.504 e. The Balaban J connectivity index is 1.13. The third kappa shape index (κ3) is 2.37. The van der Waals surface area contributed by atoms with Crippen LogP contribution in [-0.4, -0.2) is 86.7 Å². The molecule has 10 aliphatic rings. The molecule has 8 heteroatoms. The molecule has 4 N–H and O–H groups in total. The van der Waals surface area contributed by atoms with E-state index in [1.54, 1.807) is 12.2 Å². The van der Waals surface area contributed by atoms with Crippen molar-refractivity contribution < 1.29 is 34.5 Å². The first kappa shape index (κ1) is 23.5. The van der Waals surface area contributed by atoms with Crippen LogP contribution in [0.1, 0.15) is 12.8 Å². The summed E-state index contributed by atoms with van der Waals surface area (Å²) in [5.74, 6) is 1.88. The first-order chi connectivity index (χ1) is 19.8. The molecule has 6 aliphatic carbocycles. The molecule has 8 nitrogen and oxygen atoms in total. The van der Waals surface area contributed by atoms with Crippen LogP contribution in [0.5, 0.6) is 0 Å². The van der Waals surface area contributed by atoms with Gasteiger partial charge in [0.2, 0.25) is 0 Å². The van der Waals surface area contributed by atoms with Gasteiger partial charge in [-0.3, -0.25) is 0 Å². The summed E-state index contributed by atoms with van der Waals surface area (Å²) in [7, 11) is 2.37. The Morgan fingerprint density at radius 3 is 2.02 bits per heavy atom. The summed E-state index contributed by atoms with van der Waals surface area (Å²) >= 11 is 0. The number of quaternary nitrogens is 1. The van der Waals surface area contributed by atoms with Gasteiger partial charge in [0.05, 0.1) is 31.5 Å². The molecule has 13 atom stereocenters. The fraction of sp³-hybridized carbons (Fsp3) is 0.515. The van der Waals surface area contributed by atoms with Crippen molar-refractivity contribution in [3.63, 3.8) is 0 Å². The molecule has 3 unspecified atom stereocenters. The minimum atomic E-state index is -0.696. The second-order valence-corrected chi connectivity index (χ2v) is 14.1. The van der Waals surface area contributed by atoms with E-state index in [9.17, 15) is 20.4 Å². The molecule has 4 fully saturated rings. The van der Waals surface area contributed by atoms with Crippen molar-refractivity contribution in [3.8, 4) is 0 Å². The number of ether oxygens (including phenoxy) is 2. The van der Waals surface area contributed by atoms with Gasteiger partial charge in [0.1, 0.15) is 42.0 Å². The number of aliphatic hydroxyl groups excluding tert-OH is 4. The zero-order chi connectivity index (χ0) is 27.6. The zero-order valence-electron chi connectivity index (χ0n) is 22.9. The second-order valence-electron chi connectivity index (χ2n) is 14.1. The molecule has 4 aliphatic heterocycles. The van der Waals surface area contributed by atoms with Crippen LogP contribution < -0.4 is 0 Å². The summed E-state index contributed by atoms with van der Waals surface area (Å²) in [4.78, 5) is 0. The minimum absolute atomic E-state index is 0.0290. The maximum absolute atomic E-state index is 11.1. The lowest BCUT2D eigenvalue weighted by molar-refractivity contribution is -1.05. The van der Waals surface area contributed by atoms with Crippen LogP contribution in [0.25, 0.3) is 0 Å². The van der Waals surface area contributed by atoms with E-state index in [0.29, 0.717) is 11.5 Å². The summed E-state index contributed by atoms with van der Waals surface area (Å²) < 4.78 is 13.6. The second kappa shape index (κ2) is 7.11. The van der Waals surface area contributed by atoms with Crippen molar-refractivity contribution in [1.29, 1.82) is 0 Å². The molecule has 2 spiro atoms. The Morgan fingerprint density at radius 1 is 0.780 bits per heavy atom. The van der Waals surface area contributed by atoms with E-state index in [1.165, 1.54) is 11.1 Å². The van der Waals surface area contributed by atoms with E-state index in [0.717, 1.165) is 30.5 Å². The van der Waals surface area contributed by atoms with Crippen molar-refractivity contribution in [2.24, 2.45) is 34.5 Å². The lowest BCUT2D eigenvalue weighted by Crippen LogP contribution is -2.78. The molecule has 212 valence electrons. The van der Waals surface area contributed by atoms with Crippen molar-refractivity contribution in [1.82, 2.24) is 5.01 Å². The van der Waals surface area contributed by atoms with Crippen molar-refractivity contribution in [3.05, 3.63) is 94.9 Å². The Bertz CT molecular complexity index is 1570. The van der Waals surface area contributed by atoms with E-state index in [4.69, 9.17) is 9.47 Å². The quantitative estimate of drug-likeness (QED) is 0.292. The molecule has 0 aromatic rings. The standard InChI is InChI=1S/C33H34N2O6/c1-35(13-11-33-19-5-9-25(39)31(33)41-29-23(37)7-3-17(27(29)33)15-21(19)35)34-12-10-32-18-4-8-24(38)30(32)40-28-22(36)6-2-16(26(28)32)14-20(18)34/h2-9,14-15,18-21,24-27,30-31,38-39H,10-13H2,1H3,(H-,36,37)/p+1/t18-,19-,20+,21+,24-,25-,26?,27?,30-,31-,32-,33-,35?/m0/s1. The highest BCUT2D eigenvalue weighted by atomic mass is 16.5. The van der Waals surface area contributed by atoms with Gasteiger partial charge in [-0.15, -0.1) is 5.01 Å².